The maximum atomic E-state index is 11.8. The van der Waals surface area contributed by atoms with Gasteiger partial charge in [0.15, 0.2) is 0 Å². The zero-order chi connectivity index (χ0) is 12.4. The smallest absolute Gasteiger partial charge is 0.240 e. The third-order valence-corrected chi connectivity index (χ3v) is 4.56. The van der Waals surface area contributed by atoms with Crippen molar-refractivity contribution in [2.45, 2.75) is 22.0 Å². The molecule has 17 heavy (non-hydrogen) atoms. The van der Waals surface area contributed by atoms with Gasteiger partial charge >= 0.3 is 0 Å². The van der Waals surface area contributed by atoms with Crippen LogP contribution in [0.2, 0.25) is 0 Å². The van der Waals surface area contributed by atoms with Crippen molar-refractivity contribution >= 4 is 35.1 Å². The summed E-state index contributed by atoms with van der Waals surface area (Å²) in [7, 11) is 0. The van der Waals surface area contributed by atoms with Gasteiger partial charge in [-0.05, 0) is 24.5 Å². The molecule has 2 N–H and O–H groups in total. The number of thioether (sulfide) groups is 2. The van der Waals surface area contributed by atoms with Gasteiger partial charge < -0.3 is 10.6 Å². The van der Waals surface area contributed by atoms with Gasteiger partial charge in [0, 0.05) is 21.6 Å². The number of hydrogen-bond acceptors (Lipinski definition) is 4. The second kappa shape index (κ2) is 5.33. The zero-order valence-corrected chi connectivity index (χ0v) is 11.6. The average molecular weight is 268 g/mol. The van der Waals surface area contributed by atoms with E-state index in [9.17, 15) is 4.79 Å². The summed E-state index contributed by atoms with van der Waals surface area (Å²) >= 11 is 3.54. The molecule has 5 heteroatoms. The minimum Gasteiger partial charge on any atom is -0.322 e. The Bertz CT molecular complexity index is 437. The van der Waals surface area contributed by atoms with Crippen LogP contribution < -0.4 is 10.6 Å². The molecular formula is C12H16N2OS2. The van der Waals surface area contributed by atoms with Crippen molar-refractivity contribution in [1.82, 2.24) is 0 Å². The summed E-state index contributed by atoms with van der Waals surface area (Å²) in [6.07, 6.45) is 2.06. The average Bonchev–Trinajstić information content (AvgIpc) is 2.35. The molecular weight excluding hydrogens is 252 g/mol. The SMILES string of the molecule is CSc1ccc2c(c1)SC(C)CN2C(=O)CN. The number of nitrogens with zero attached hydrogens (tertiary/aromatic N) is 1. The van der Waals surface area contributed by atoms with E-state index in [0.717, 1.165) is 12.2 Å². The quantitative estimate of drug-likeness (QED) is 0.835. The van der Waals surface area contributed by atoms with E-state index >= 15 is 0 Å². The fourth-order valence-electron chi connectivity index (χ4n) is 1.89. The van der Waals surface area contributed by atoms with Gasteiger partial charge in [-0.15, -0.1) is 23.5 Å². The Morgan fingerprint density at radius 3 is 3.06 bits per heavy atom. The molecule has 0 aliphatic carbocycles. The molecule has 0 saturated heterocycles. The van der Waals surface area contributed by atoms with Crippen molar-refractivity contribution in [3.63, 3.8) is 0 Å². The van der Waals surface area contributed by atoms with Crippen molar-refractivity contribution in [3.8, 4) is 0 Å². The monoisotopic (exact) mass is 268 g/mol. The highest BCUT2D eigenvalue weighted by Crippen LogP contribution is 2.40. The van der Waals surface area contributed by atoms with Gasteiger partial charge in [-0.3, -0.25) is 4.79 Å². The van der Waals surface area contributed by atoms with E-state index in [1.807, 2.05) is 17.8 Å². The molecule has 1 unspecified atom stereocenters. The molecule has 92 valence electrons. The predicted octanol–water partition coefficient (Wildman–Crippen LogP) is 2.19. The maximum absolute atomic E-state index is 11.8. The number of anilines is 1. The Balaban J connectivity index is 2.40. The molecule has 1 aromatic carbocycles. The topological polar surface area (TPSA) is 46.3 Å². The summed E-state index contributed by atoms with van der Waals surface area (Å²) in [5, 5.41) is 0.412. The van der Waals surface area contributed by atoms with E-state index in [2.05, 4.69) is 25.3 Å². The molecule has 0 fully saturated rings. The van der Waals surface area contributed by atoms with Crippen LogP contribution >= 0.6 is 23.5 Å². The molecule has 0 spiro atoms. The van der Waals surface area contributed by atoms with Crippen LogP contribution in [0.1, 0.15) is 6.92 Å². The number of rotatable bonds is 2. The van der Waals surface area contributed by atoms with Gasteiger partial charge in [0.1, 0.15) is 0 Å². The second-order valence-electron chi connectivity index (χ2n) is 3.97. The second-order valence-corrected chi connectivity index (χ2v) is 6.33. The van der Waals surface area contributed by atoms with Crippen molar-refractivity contribution in [2.24, 2.45) is 5.73 Å². The van der Waals surface area contributed by atoms with Gasteiger partial charge in [0.2, 0.25) is 5.91 Å². The Morgan fingerprint density at radius 2 is 2.41 bits per heavy atom. The van der Waals surface area contributed by atoms with Gasteiger partial charge in [0.05, 0.1) is 12.2 Å². The number of carbonyl (C=O) groups is 1. The molecule has 1 aliphatic heterocycles. The maximum Gasteiger partial charge on any atom is 0.240 e. The van der Waals surface area contributed by atoms with Gasteiger partial charge in [0.25, 0.3) is 0 Å². The first-order valence-electron chi connectivity index (χ1n) is 5.51. The third-order valence-electron chi connectivity index (χ3n) is 2.70. The molecule has 2 rings (SSSR count). The van der Waals surface area contributed by atoms with Crippen LogP contribution in [0.25, 0.3) is 0 Å². The molecule has 0 radical (unpaired) electrons. The fourth-order valence-corrected chi connectivity index (χ4v) is 3.56. The van der Waals surface area contributed by atoms with Crippen LogP contribution in [0, 0.1) is 0 Å². The Hall–Kier alpha value is -0.650. The highest BCUT2D eigenvalue weighted by atomic mass is 32.2. The number of benzene rings is 1. The van der Waals surface area contributed by atoms with Gasteiger partial charge in [-0.25, -0.2) is 0 Å². The van der Waals surface area contributed by atoms with Crippen molar-refractivity contribution in [2.75, 3.05) is 24.2 Å². The van der Waals surface area contributed by atoms with E-state index in [4.69, 9.17) is 5.73 Å². The zero-order valence-electron chi connectivity index (χ0n) is 9.97. The van der Waals surface area contributed by atoms with Gasteiger partial charge in [-0.2, -0.15) is 0 Å². The lowest BCUT2D eigenvalue weighted by molar-refractivity contribution is -0.117. The highest BCUT2D eigenvalue weighted by Gasteiger charge is 2.26. The molecule has 1 atom stereocenters. The van der Waals surface area contributed by atoms with Crippen LogP contribution in [0.5, 0.6) is 0 Å². The van der Waals surface area contributed by atoms with E-state index in [-0.39, 0.29) is 12.5 Å². The fraction of sp³-hybridized carbons (Fsp3) is 0.417. The normalized spacial score (nSPS) is 19.0. The first kappa shape index (κ1) is 12.8. The first-order chi connectivity index (χ1) is 8.15. The number of hydrogen-bond donors (Lipinski definition) is 1. The summed E-state index contributed by atoms with van der Waals surface area (Å²) in [5.41, 5.74) is 6.46. The summed E-state index contributed by atoms with van der Waals surface area (Å²) < 4.78 is 0. The van der Waals surface area contributed by atoms with Crippen LogP contribution in [0.15, 0.2) is 28.0 Å². The van der Waals surface area contributed by atoms with Crippen molar-refractivity contribution in [3.05, 3.63) is 18.2 Å². The first-order valence-corrected chi connectivity index (χ1v) is 7.61. The molecule has 1 aliphatic rings. The van der Waals surface area contributed by atoms with Crippen molar-refractivity contribution in [1.29, 1.82) is 0 Å². The van der Waals surface area contributed by atoms with Crippen LogP contribution in [0.3, 0.4) is 0 Å². The minimum absolute atomic E-state index is 0.00435. The largest absolute Gasteiger partial charge is 0.322 e. The molecule has 3 nitrogen and oxygen atoms in total. The number of amides is 1. The van der Waals surface area contributed by atoms with E-state index in [0.29, 0.717) is 5.25 Å². The standard InChI is InChI=1S/C12H16N2OS2/c1-8-7-14(12(15)6-13)10-4-3-9(16-2)5-11(10)17-8/h3-5,8H,6-7,13H2,1-2H3. The van der Waals surface area contributed by atoms with E-state index < -0.39 is 0 Å². The predicted molar refractivity (Wildman–Crippen MR) is 74.9 cm³/mol. The van der Waals surface area contributed by atoms with Crippen LogP contribution in [-0.4, -0.2) is 30.5 Å². The molecule has 1 aromatic rings. The summed E-state index contributed by atoms with van der Waals surface area (Å²) in [6, 6.07) is 6.22. The Morgan fingerprint density at radius 1 is 1.65 bits per heavy atom. The molecule has 0 saturated carbocycles. The summed E-state index contributed by atoms with van der Waals surface area (Å²) in [5.74, 6) is -0.00435. The number of carbonyl (C=O) groups excluding carboxylic acids is 1. The molecule has 0 aromatic heterocycles. The molecule has 1 amide bonds. The summed E-state index contributed by atoms with van der Waals surface area (Å²) in [6.45, 7) is 2.95. The Kier molecular flexibility index (Phi) is 4.01. The molecule has 0 bridgehead atoms. The minimum atomic E-state index is -0.00435. The van der Waals surface area contributed by atoms with Gasteiger partial charge in [-0.1, -0.05) is 6.92 Å². The lowest BCUT2D eigenvalue weighted by atomic mass is 10.2. The highest BCUT2D eigenvalue weighted by molar-refractivity contribution is 8.00. The third kappa shape index (κ3) is 2.61. The lowest BCUT2D eigenvalue weighted by Crippen LogP contribution is -2.41. The van der Waals surface area contributed by atoms with Crippen LogP contribution in [0.4, 0.5) is 5.69 Å². The Labute approximate surface area is 110 Å². The number of nitrogens with two attached hydrogens (primary N) is 1. The van der Waals surface area contributed by atoms with Crippen LogP contribution in [-0.2, 0) is 4.79 Å². The van der Waals surface area contributed by atoms with E-state index in [1.54, 1.807) is 16.7 Å². The molecule has 1 heterocycles. The number of fused-ring (bicyclic) bond motifs is 1. The van der Waals surface area contributed by atoms with E-state index in [1.165, 1.54) is 9.79 Å². The van der Waals surface area contributed by atoms with Crippen molar-refractivity contribution < 1.29 is 4.79 Å². The summed E-state index contributed by atoms with van der Waals surface area (Å²) in [4.78, 5) is 16.0. The lowest BCUT2D eigenvalue weighted by Gasteiger charge is -2.32.